The molecular formula is C36H42N8O3. The van der Waals surface area contributed by atoms with Crippen molar-refractivity contribution in [3.63, 3.8) is 0 Å². The monoisotopic (exact) mass is 634 g/mol. The summed E-state index contributed by atoms with van der Waals surface area (Å²) in [6, 6.07) is 10.9. The lowest BCUT2D eigenvalue weighted by atomic mass is 10.0. The van der Waals surface area contributed by atoms with Gasteiger partial charge in [-0.05, 0) is 62.1 Å². The molecule has 2 N–H and O–H groups in total. The van der Waals surface area contributed by atoms with Crippen LogP contribution in [0.15, 0.2) is 60.3 Å². The average Bonchev–Trinajstić information content (AvgIpc) is 3.58. The molecule has 4 aliphatic rings. The third-order valence-corrected chi connectivity index (χ3v) is 10.4. The van der Waals surface area contributed by atoms with Crippen LogP contribution in [-0.2, 0) is 37.9 Å². The van der Waals surface area contributed by atoms with Crippen LogP contribution in [-0.4, -0.2) is 74.0 Å². The zero-order valence-corrected chi connectivity index (χ0v) is 27.2. The highest BCUT2D eigenvalue weighted by Crippen LogP contribution is 2.41. The molecule has 11 heteroatoms. The Morgan fingerprint density at radius 2 is 1.96 bits per heavy atom. The molecule has 0 aliphatic carbocycles. The Balaban J connectivity index is 1.04. The SMILES string of the molecule is C=C1c2cc3n(c2CN1c1nccc(-c2cc(Nc4ccc(N5CCN(C6COC6)C[C@@H]5C)cn4)c(=O)n(C)c2)c1CO)CCCC3. The van der Waals surface area contributed by atoms with E-state index in [-0.39, 0.29) is 12.2 Å². The maximum Gasteiger partial charge on any atom is 0.274 e. The van der Waals surface area contributed by atoms with Gasteiger partial charge in [0, 0.05) is 85.4 Å². The molecule has 0 unspecified atom stereocenters. The number of aryl methyl sites for hydroxylation is 2. The number of piperazine rings is 1. The first-order valence-electron chi connectivity index (χ1n) is 16.7. The van der Waals surface area contributed by atoms with Crippen LogP contribution < -0.4 is 20.7 Å². The van der Waals surface area contributed by atoms with Gasteiger partial charge in [-0.15, -0.1) is 0 Å². The predicted molar refractivity (Wildman–Crippen MR) is 184 cm³/mol. The summed E-state index contributed by atoms with van der Waals surface area (Å²) in [5, 5.41) is 14.0. The number of rotatable bonds is 7. The molecule has 0 spiro atoms. The molecule has 8 rings (SSSR count). The number of ether oxygens (including phenoxy) is 1. The Kier molecular flexibility index (Phi) is 7.62. The molecule has 4 aliphatic heterocycles. The minimum atomic E-state index is -0.201. The molecule has 4 aromatic heterocycles. The standard InChI is InChI=1S/C36H42N8O3/c1-23-17-41(28-21-47-22-28)12-13-42(23)27-7-8-34(38-16-27)39-32-14-25(18-40(3)36(32)46)29-9-10-37-35(31(29)20-45)44-19-33-30(24(44)2)15-26-6-4-5-11-43(26)33/h7-10,14-16,18,23,28,45H,2,4-6,11-13,17,19-22H2,1,3H3,(H,38,39)/t23-/m0/s1. The van der Waals surface area contributed by atoms with Crippen LogP contribution in [0.25, 0.3) is 16.8 Å². The van der Waals surface area contributed by atoms with E-state index in [2.05, 4.69) is 55.2 Å². The largest absolute Gasteiger partial charge is 0.392 e. The third kappa shape index (κ3) is 5.22. The molecule has 244 valence electrons. The van der Waals surface area contributed by atoms with Gasteiger partial charge in [-0.25, -0.2) is 9.97 Å². The van der Waals surface area contributed by atoms with Crippen molar-refractivity contribution in [1.82, 2.24) is 24.0 Å². The number of anilines is 4. The fraction of sp³-hybridized carbons (Fsp3) is 0.417. The number of hydrogen-bond donors (Lipinski definition) is 2. The lowest BCUT2D eigenvalue weighted by molar-refractivity contribution is -0.0691. The molecule has 47 heavy (non-hydrogen) atoms. The highest BCUT2D eigenvalue weighted by molar-refractivity contribution is 5.86. The normalized spacial score (nSPS) is 19.9. The van der Waals surface area contributed by atoms with Crippen molar-refractivity contribution in [2.24, 2.45) is 7.05 Å². The lowest BCUT2D eigenvalue weighted by Crippen LogP contribution is -2.59. The van der Waals surface area contributed by atoms with Crippen molar-refractivity contribution in [2.45, 2.75) is 58.0 Å². The Hall–Kier alpha value is -4.45. The van der Waals surface area contributed by atoms with Gasteiger partial charge in [0.2, 0.25) is 0 Å². The molecule has 2 saturated heterocycles. The average molecular weight is 635 g/mol. The van der Waals surface area contributed by atoms with Crippen LogP contribution in [0.4, 0.5) is 23.0 Å². The molecule has 0 aromatic carbocycles. The van der Waals surface area contributed by atoms with Gasteiger partial charge in [-0.2, -0.15) is 0 Å². The van der Waals surface area contributed by atoms with Crippen molar-refractivity contribution in [3.05, 3.63) is 88.4 Å². The number of pyridine rings is 3. The Bertz CT molecular complexity index is 1890. The van der Waals surface area contributed by atoms with E-state index < -0.39 is 0 Å². The molecule has 0 radical (unpaired) electrons. The summed E-state index contributed by atoms with van der Waals surface area (Å²) < 4.78 is 9.39. The van der Waals surface area contributed by atoms with Crippen molar-refractivity contribution in [3.8, 4) is 11.1 Å². The molecule has 0 bridgehead atoms. The first-order chi connectivity index (χ1) is 22.9. The minimum Gasteiger partial charge on any atom is -0.392 e. The van der Waals surface area contributed by atoms with Gasteiger partial charge in [-0.3, -0.25) is 9.69 Å². The Morgan fingerprint density at radius 3 is 2.70 bits per heavy atom. The van der Waals surface area contributed by atoms with Crippen molar-refractivity contribution < 1.29 is 9.84 Å². The smallest absolute Gasteiger partial charge is 0.274 e. The summed E-state index contributed by atoms with van der Waals surface area (Å²) in [5.74, 6) is 1.28. The summed E-state index contributed by atoms with van der Waals surface area (Å²) in [4.78, 5) is 29.7. The summed E-state index contributed by atoms with van der Waals surface area (Å²) >= 11 is 0. The predicted octanol–water partition coefficient (Wildman–Crippen LogP) is 4.12. The Morgan fingerprint density at radius 1 is 1.09 bits per heavy atom. The lowest BCUT2D eigenvalue weighted by Gasteiger charge is -2.46. The van der Waals surface area contributed by atoms with Gasteiger partial charge in [-0.1, -0.05) is 6.58 Å². The molecule has 2 fully saturated rings. The molecule has 8 heterocycles. The third-order valence-electron chi connectivity index (χ3n) is 10.4. The summed E-state index contributed by atoms with van der Waals surface area (Å²) in [7, 11) is 1.74. The Labute approximate surface area is 274 Å². The van der Waals surface area contributed by atoms with E-state index in [1.807, 2.05) is 24.4 Å². The van der Waals surface area contributed by atoms with E-state index in [9.17, 15) is 9.90 Å². The topological polar surface area (TPSA) is 104 Å². The van der Waals surface area contributed by atoms with Gasteiger partial charge in [0.25, 0.3) is 5.56 Å². The summed E-state index contributed by atoms with van der Waals surface area (Å²) in [5.41, 5.74) is 8.36. The summed E-state index contributed by atoms with van der Waals surface area (Å²) in [6.45, 7) is 12.8. The highest BCUT2D eigenvalue weighted by Gasteiger charge is 2.33. The number of aromatic nitrogens is 4. The van der Waals surface area contributed by atoms with Crippen LogP contribution in [0.5, 0.6) is 0 Å². The van der Waals surface area contributed by atoms with Crippen LogP contribution in [0.3, 0.4) is 0 Å². The highest BCUT2D eigenvalue weighted by atomic mass is 16.5. The first-order valence-corrected chi connectivity index (χ1v) is 16.7. The van der Waals surface area contributed by atoms with E-state index >= 15 is 0 Å². The summed E-state index contributed by atoms with van der Waals surface area (Å²) in [6.07, 6.45) is 8.97. The molecule has 4 aromatic rings. The van der Waals surface area contributed by atoms with Gasteiger partial charge >= 0.3 is 0 Å². The van der Waals surface area contributed by atoms with Gasteiger partial charge in [0.1, 0.15) is 17.3 Å². The second kappa shape index (κ2) is 12.0. The number of aliphatic hydroxyl groups is 1. The van der Waals surface area contributed by atoms with Gasteiger partial charge in [0.05, 0.1) is 44.3 Å². The fourth-order valence-electron chi connectivity index (χ4n) is 7.71. The number of aliphatic hydroxyl groups excluding tert-OH is 1. The van der Waals surface area contributed by atoms with Crippen molar-refractivity contribution in [1.29, 1.82) is 0 Å². The van der Waals surface area contributed by atoms with Crippen molar-refractivity contribution >= 4 is 28.7 Å². The second-order valence-corrected chi connectivity index (χ2v) is 13.3. The number of hydrogen-bond acceptors (Lipinski definition) is 9. The zero-order valence-electron chi connectivity index (χ0n) is 27.2. The van der Waals surface area contributed by atoms with E-state index in [1.54, 1.807) is 24.0 Å². The number of fused-ring (bicyclic) bond motifs is 3. The quantitative estimate of drug-likeness (QED) is 0.311. The van der Waals surface area contributed by atoms with Gasteiger partial charge < -0.3 is 34.1 Å². The number of nitrogens with one attached hydrogen (secondary N) is 1. The van der Waals surface area contributed by atoms with E-state index in [1.165, 1.54) is 29.8 Å². The van der Waals surface area contributed by atoms with E-state index in [0.29, 0.717) is 41.5 Å². The van der Waals surface area contributed by atoms with Crippen LogP contribution in [0.1, 0.15) is 42.3 Å². The van der Waals surface area contributed by atoms with Crippen LogP contribution >= 0.6 is 0 Å². The maximum absolute atomic E-state index is 13.3. The zero-order chi connectivity index (χ0) is 32.2. The molecule has 0 saturated carbocycles. The fourth-order valence-corrected chi connectivity index (χ4v) is 7.71. The minimum absolute atomic E-state index is 0.165. The maximum atomic E-state index is 13.3. The van der Waals surface area contributed by atoms with Crippen LogP contribution in [0.2, 0.25) is 0 Å². The molecule has 11 nitrogen and oxygen atoms in total. The van der Waals surface area contributed by atoms with Gasteiger partial charge in [0.15, 0.2) is 0 Å². The van der Waals surface area contributed by atoms with Crippen LogP contribution in [0, 0.1) is 0 Å². The molecular weight excluding hydrogens is 592 g/mol. The first kappa shape index (κ1) is 29.9. The second-order valence-electron chi connectivity index (χ2n) is 13.3. The molecule has 0 amide bonds. The van der Waals surface area contributed by atoms with Crippen molar-refractivity contribution in [2.75, 3.05) is 48.0 Å². The number of nitrogens with zero attached hydrogens (tertiary/aromatic N) is 7. The van der Waals surface area contributed by atoms with E-state index in [0.717, 1.165) is 68.3 Å². The molecule has 1 atom stereocenters. The van der Waals surface area contributed by atoms with E-state index in [4.69, 9.17) is 9.72 Å².